The van der Waals surface area contributed by atoms with Crippen LogP contribution in [-0.2, 0) is 0 Å². The van der Waals surface area contributed by atoms with Crippen LogP contribution in [0.5, 0.6) is 11.5 Å². The molecule has 0 fully saturated rings. The molecule has 16 heavy (non-hydrogen) atoms. The Morgan fingerprint density at radius 2 is 2.00 bits per heavy atom. The Morgan fingerprint density at radius 1 is 1.19 bits per heavy atom. The van der Waals surface area contributed by atoms with E-state index in [2.05, 4.69) is 20.4 Å². The van der Waals surface area contributed by atoms with Crippen LogP contribution in [0.1, 0.15) is 5.01 Å². The van der Waals surface area contributed by atoms with Crippen LogP contribution in [0.2, 0.25) is 0 Å². The molecule has 82 valence electrons. The summed E-state index contributed by atoms with van der Waals surface area (Å²) in [7, 11) is 0. The highest BCUT2D eigenvalue weighted by Gasteiger charge is 2.02. The Labute approximate surface area is 94.9 Å². The molecule has 0 aliphatic heterocycles. The zero-order chi connectivity index (χ0) is 11.5. The molecule has 2 aromatic rings. The summed E-state index contributed by atoms with van der Waals surface area (Å²) in [6.07, 6.45) is 0. The summed E-state index contributed by atoms with van der Waals surface area (Å²) >= 11 is 1.30. The third-order valence-electron chi connectivity index (χ3n) is 1.72. The van der Waals surface area contributed by atoms with Crippen molar-refractivity contribution in [2.45, 2.75) is 6.92 Å². The number of benzene rings is 1. The van der Waals surface area contributed by atoms with Crippen molar-refractivity contribution >= 4 is 22.2 Å². The van der Waals surface area contributed by atoms with Crippen LogP contribution in [0.25, 0.3) is 0 Å². The molecule has 0 aliphatic rings. The zero-order valence-corrected chi connectivity index (χ0v) is 9.14. The first-order chi connectivity index (χ1) is 7.65. The van der Waals surface area contributed by atoms with Gasteiger partial charge in [0.15, 0.2) is 0 Å². The van der Waals surface area contributed by atoms with E-state index in [0.717, 1.165) is 5.01 Å². The summed E-state index contributed by atoms with van der Waals surface area (Å²) in [4.78, 5) is 0. The van der Waals surface area contributed by atoms with Crippen LogP contribution < -0.4 is 0 Å². The maximum atomic E-state index is 9.43. The molecule has 0 saturated heterocycles. The Balaban J connectivity index is 2.23. The Morgan fingerprint density at radius 3 is 2.62 bits per heavy atom. The summed E-state index contributed by atoms with van der Waals surface area (Å²) in [5.41, 5.74) is 0.269. The van der Waals surface area contributed by atoms with Crippen LogP contribution in [0, 0.1) is 6.92 Å². The van der Waals surface area contributed by atoms with Crippen molar-refractivity contribution in [1.82, 2.24) is 10.2 Å². The average Bonchev–Trinajstić information content (AvgIpc) is 2.63. The van der Waals surface area contributed by atoms with Gasteiger partial charge in [-0.05, 0) is 19.1 Å². The molecule has 0 radical (unpaired) electrons. The molecule has 0 saturated carbocycles. The number of aromatic nitrogens is 2. The Hall–Kier alpha value is -2.02. The molecule has 7 heteroatoms. The molecule has 0 bridgehead atoms. The molecule has 1 aromatic heterocycles. The predicted molar refractivity (Wildman–Crippen MR) is 58.6 cm³/mol. The summed E-state index contributed by atoms with van der Waals surface area (Å²) in [5, 5.41) is 34.9. The molecule has 1 heterocycles. The van der Waals surface area contributed by atoms with Crippen LogP contribution >= 0.6 is 11.3 Å². The van der Waals surface area contributed by atoms with Crippen molar-refractivity contribution in [2.75, 3.05) is 0 Å². The largest absolute Gasteiger partial charge is 0.508 e. The molecule has 2 N–H and O–H groups in total. The van der Waals surface area contributed by atoms with Gasteiger partial charge in [-0.3, -0.25) is 0 Å². The van der Waals surface area contributed by atoms with E-state index in [4.69, 9.17) is 5.11 Å². The van der Waals surface area contributed by atoms with Crippen LogP contribution in [-0.4, -0.2) is 20.4 Å². The molecule has 2 rings (SSSR count). The van der Waals surface area contributed by atoms with Crippen molar-refractivity contribution in [3.8, 4) is 11.5 Å². The molecule has 0 aliphatic carbocycles. The van der Waals surface area contributed by atoms with Gasteiger partial charge in [-0.2, -0.15) is 0 Å². The lowest BCUT2D eigenvalue weighted by Gasteiger charge is -1.96. The van der Waals surface area contributed by atoms with Crippen LogP contribution in [0.3, 0.4) is 0 Å². The maximum Gasteiger partial charge on any atom is 0.251 e. The second kappa shape index (κ2) is 4.23. The molecular formula is C9H8N4O2S. The normalized spacial score (nSPS) is 11.1. The van der Waals surface area contributed by atoms with Crippen LogP contribution in [0.4, 0.5) is 10.8 Å². The number of aromatic hydroxyl groups is 2. The lowest BCUT2D eigenvalue weighted by atomic mass is 10.3. The first kappa shape index (κ1) is 10.5. The minimum absolute atomic E-state index is 0.0248. The van der Waals surface area contributed by atoms with Gasteiger partial charge >= 0.3 is 0 Å². The fourth-order valence-electron chi connectivity index (χ4n) is 1.02. The summed E-state index contributed by atoms with van der Waals surface area (Å²) < 4.78 is 0. The third kappa shape index (κ3) is 2.31. The van der Waals surface area contributed by atoms with E-state index >= 15 is 0 Å². The van der Waals surface area contributed by atoms with E-state index in [1.54, 1.807) is 0 Å². The number of hydrogen-bond acceptors (Lipinski definition) is 7. The van der Waals surface area contributed by atoms with E-state index in [0.29, 0.717) is 5.13 Å². The number of hydrogen-bond donors (Lipinski definition) is 2. The minimum Gasteiger partial charge on any atom is -0.508 e. The standard InChI is InChI=1S/C9H8N4O2S/c1-5-10-12-9(16-5)13-11-7-3-2-6(14)4-8(7)15/h2-4,14-15H,1H3. The smallest absolute Gasteiger partial charge is 0.251 e. The van der Waals surface area contributed by atoms with Gasteiger partial charge in [-0.25, -0.2) is 0 Å². The van der Waals surface area contributed by atoms with Gasteiger partial charge in [0.1, 0.15) is 22.2 Å². The Kier molecular flexibility index (Phi) is 2.78. The molecule has 0 unspecified atom stereocenters. The van der Waals surface area contributed by atoms with Crippen LogP contribution in [0.15, 0.2) is 28.4 Å². The highest BCUT2D eigenvalue weighted by atomic mass is 32.1. The molecule has 0 spiro atoms. The van der Waals surface area contributed by atoms with Gasteiger partial charge < -0.3 is 10.2 Å². The van der Waals surface area contributed by atoms with Crippen molar-refractivity contribution in [3.05, 3.63) is 23.2 Å². The van der Waals surface area contributed by atoms with E-state index in [1.807, 2.05) is 6.92 Å². The van der Waals surface area contributed by atoms with Crippen molar-refractivity contribution in [2.24, 2.45) is 10.2 Å². The second-order valence-electron chi connectivity index (χ2n) is 2.98. The highest BCUT2D eigenvalue weighted by molar-refractivity contribution is 7.14. The van der Waals surface area contributed by atoms with Gasteiger partial charge in [0, 0.05) is 6.07 Å². The van der Waals surface area contributed by atoms with Gasteiger partial charge in [0.05, 0.1) is 0 Å². The molecule has 0 atom stereocenters. The van der Waals surface area contributed by atoms with Crippen molar-refractivity contribution in [1.29, 1.82) is 0 Å². The lowest BCUT2D eigenvalue weighted by Crippen LogP contribution is -1.69. The Bertz CT molecular complexity index is 538. The zero-order valence-electron chi connectivity index (χ0n) is 8.32. The SMILES string of the molecule is Cc1nnc(N=Nc2ccc(O)cc2O)s1. The fourth-order valence-corrected chi connectivity index (χ4v) is 1.53. The first-order valence-electron chi connectivity index (χ1n) is 4.39. The number of azo groups is 1. The fraction of sp³-hybridized carbons (Fsp3) is 0.111. The minimum atomic E-state index is -0.134. The number of nitrogens with zero attached hydrogens (tertiary/aromatic N) is 4. The van der Waals surface area contributed by atoms with Gasteiger partial charge in [0.25, 0.3) is 5.13 Å². The number of aryl methyl sites for hydroxylation is 1. The quantitative estimate of drug-likeness (QED) is 0.784. The third-order valence-corrected chi connectivity index (χ3v) is 2.44. The highest BCUT2D eigenvalue weighted by Crippen LogP contribution is 2.31. The van der Waals surface area contributed by atoms with E-state index in [9.17, 15) is 5.11 Å². The average molecular weight is 236 g/mol. The molecule has 0 amide bonds. The summed E-state index contributed by atoms with van der Waals surface area (Å²) in [6.45, 7) is 1.81. The summed E-state index contributed by atoms with van der Waals surface area (Å²) in [5.74, 6) is -0.159. The topological polar surface area (TPSA) is 91.0 Å². The van der Waals surface area contributed by atoms with Gasteiger partial charge in [0.2, 0.25) is 0 Å². The number of phenols is 2. The first-order valence-corrected chi connectivity index (χ1v) is 5.20. The summed E-state index contributed by atoms with van der Waals surface area (Å²) in [6, 6.07) is 4.07. The molecule has 1 aromatic carbocycles. The predicted octanol–water partition coefficient (Wildman–Crippen LogP) is 2.67. The maximum absolute atomic E-state index is 9.43. The van der Waals surface area contributed by atoms with Crippen molar-refractivity contribution < 1.29 is 10.2 Å². The number of rotatable bonds is 2. The monoisotopic (exact) mass is 236 g/mol. The molecule has 6 nitrogen and oxygen atoms in total. The van der Waals surface area contributed by atoms with E-state index in [-0.39, 0.29) is 17.2 Å². The van der Waals surface area contributed by atoms with E-state index < -0.39 is 0 Å². The van der Waals surface area contributed by atoms with Gasteiger partial charge in [-0.15, -0.1) is 20.4 Å². The second-order valence-corrected chi connectivity index (χ2v) is 4.14. The van der Waals surface area contributed by atoms with E-state index in [1.165, 1.54) is 29.5 Å². The molecular weight excluding hydrogens is 228 g/mol. The van der Waals surface area contributed by atoms with Crippen molar-refractivity contribution in [3.63, 3.8) is 0 Å². The van der Waals surface area contributed by atoms with Gasteiger partial charge in [-0.1, -0.05) is 11.3 Å². The lowest BCUT2D eigenvalue weighted by molar-refractivity contribution is 0.451. The number of phenolic OH excluding ortho intramolecular Hbond substituents is 2.